The van der Waals surface area contributed by atoms with Crippen LogP contribution < -0.4 is 10.6 Å². The van der Waals surface area contributed by atoms with Gasteiger partial charge in [0.2, 0.25) is 0 Å². The van der Waals surface area contributed by atoms with Crippen LogP contribution in [0.25, 0.3) is 6.08 Å². The van der Waals surface area contributed by atoms with Crippen LogP contribution in [0, 0.1) is 5.82 Å². The molecule has 7 heteroatoms. The fourth-order valence-electron chi connectivity index (χ4n) is 2.26. The molecule has 0 heterocycles. The second-order valence-electron chi connectivity index (χ2n) is 7.21. The van der Waals surface area contributed by atoms with Gasteiger partial charge in [0.1, 0.15) is 18.0 Å². The Morgan fingerprint density at radius 1 is 1.07 bits per heavy atom. The Kier molecular flexibility index (Phi) is 7.77. The van der Waals surface area contributed by atoms with Gasteiger partial charge in [-0.2, -0.15) is 0 Å². The smallest absolute Gasteiger partial charge is 0.412 e. The molecule has 6 nitrogen and oxygen atoms in total. The third-order valence-electron chi connectivity index (χ3n) is 3.52. The number of nitrogens with one attached hydrogen (secondary N) is 2. The number of hydrogen-bond donors (Lipinski definition) is 2. The Morgan fingerprint density at radius 2 is 1.79 bits per heavy atom. The van der Waals surface area contributed by atoms with Gasteiger partial charge in [0.25, 0.3) is 0 Å². The van der Waals surface area contributed by atoms with Crippen LogP contribution in [0.15, 0.2) is 54.6 Å². The van der Waals surface area contributed by atoms with E-state index >= 15 is 0 Å². The summed E-state index contributed by atoms with van der Waals surface area (Å²) in [5.41, 5.74) is 0.836. The molecule has 0 bridgehead atoms. The van der Waals surface area contributed by atoms with Gasteiger partial charge in [-0.05, 0) is 44.0 Å². The minimum atomic E-state index is -0.724. The van der Waals surface area contributed by atoms with Crippen LogP contribution in [0.1, 0.15) is 31.9 Å². The van der Waals surface area contributed by atoms with E-state index in [-0.39, 0.29) is 18.8 Å². The lowest BCUT2D eigenvalue weighted by molar-refractivity contribution is 0.0635. The zero-order chi connectivity index (χ0) is 21.3. The SMILES string of the molecule is CC(C)(C)OC(=O)Nc1ccc(C=CCNC(=O)OCc2ccccc2)cc1F. The van der Waals surface area contributed by atoms with E-state index in [1.165, 1.54) is 12.1 Å². The second-order valence-corrected chi connectivity index (χ2v) is 7.21. The van der Waals surface area contributed by atoms with E-state index in [4.69, 9.17) is 9.47 Å². The predicted molar refractivity (Wildman–Crippen MR) is 110 cm³/mol. The summed E-state index contributed by atoms with van der Waals surface area (Å²) in [6.07, 6.45) is 2.05. The van der Waals surface area contributed by atoms with E-state index in [0.717, 1.165) is 5.56 Å². The maximum Gasteiger partial charge on any atom is 0.412 e. The van der Waals surface area contributed by atoms with Gasteiger partial charge in [-0.3, -0.25) is 5.32 Å². The monoisotopic (exact) mass is 400 g/mol. The van der Waals surface area contributed by atoms with Crippen LogP contribution in [0.3, 0.4) is 0 Å². The maximum atomic E-state index is 14.1. The predicted octanol–water partition coefficient (Wildman–Crippen LogP) is 5.11. The molecule has 0 aliphatic rings. The number of carbonyl (C=O) groups excluding carboxylic acids is 2. The van der Waals surface area contributed by atoms with E-state index in [2.05, 4.69) is 10.6 Å². The molecule has 0 saturated heterocycles. The number of hydrogen-bond acceptors (Lipinski definition) is 4. The lowest BCUT2D eigenvalue weighted by Crippen LogP contribution is -2.27. The van der Waals surface area contributed by atoms with Crippen molar-refractivity contribution in [3.63, 3.8) is 0 Å². The first-order valence-electron chi connectivity index (χ1n) is 9.13. The maximum absolute atomic E-state index is 14.1. The molecule has 0 saturated carbocycles. The van der Waals surface area contributed by atoms with Crippen molar-refractivity contribution >= 4 is 23.9 Å². The molecule has 0 radical (unpaired) electrons. The first-order chi connectivity index (χ1) is 13.7. The van der Waals surface area contributed by atoms with E-state index in [1.54, 1.807) is 39.0 Å². The van der Waals surface area contributed by atoms with Crippen molar-refractivity contribution in [2.45, 2.75) is 33.0 Å². The molecule has 2 aromatic rings. The van der Waals surface area contributed by atoms with Gasteiger partial charge in [-0.15, -0.1) is 0 Å². The average Bonchev–Trinajstić information content (AvgIpc) is 2.65. The normalized spacial score (nSPS) is 11.2. The van der Waals surface area contributed by atoms with Gasteiger partial charge in [0.15, 0.2) is 0 Å². The lowest BCUT2D eigenvalue weighted by Gasteiger charge is -2.19. The van der Waals surface area contributed by atoms with E-state index < -0.39 is 23.6 Å². The van der Waals surface area contributed by atoms with Crippen molar-refractivity contribution in [1.82, 2.24) is 5.32 Å². The number of halogens is 1. The van der Waals surface area contributed by atoms with Crippen LogP contribution in [0.2, 0.25) is 0 Å². The fourth-order valence-corrected chi connectivity index (χ4v) is 2.26. The molecule has 0 aromatic heterocycles. The highest BCUT2D eigenvalue weighted by Crippen LogP contribution is 2.18. The molecule has 2 N–H and O–H groups in total. The highest BCUT2D eigenvalue weighted by molar-refractivity contribution is 5.85. The summed E-state index contributed by atoms with van der Waals surface area (Å²) in [5.74, 6) is -0.590. The van der Waals surface area contributed by atoms with Crippen LogP contribution in [-0.4, -0.2) is 24.3 Å². The zero-order valence-corrected chi connectivity index (χ0v) is 16.7. The topological polar surface area (TPSA) is 76.7 Å². The van der Waals surface area contributed by atoms with Crippen molar-refractivity contribution in [3.8, 4) is 0 Å². The Morgan fingerprint density at radius 3 is 2.45 bits per heavy atom. The summed E-state index contributed by atoms with van der Waals surface area (Å²) < 4.78 is 24.3. The fraction of sp³-hybridized carbons (Fsp3) is 0.273. The Hall–Kier alpha value is -3.35. The number of amides is 2. The molecule has 29 heavy (non-hydrogen) atoms. The van der Waals surface area contributed by atoms with Crippen LogP contribution in [0.4, 0.5) is 19.7 Å². The Balaban J connectivity index is 1.78. The Bertz CT molecular complexity index is 861. The van der Waals surface area contributed by atoms with E-state index in [0.29, 0.717) is 5.56 Å². The lowest BCUT2D eigenvalue weighted by atomic mass is 10.2. The molecule has 0 aliphatic carbocycles. The molecule has 2 aromatic carbocycles. The number of benzene rings is 2. The highest BCUT2D eigenvalue weighted by atomic mass is 19.1. The summed E-state index contributed by atoms with van der Waals surface area (Å²) in [4.78, 5) is 23.4. The third-order valence-corrected chi connectivity index (χ3v) is 3.52. The minimum Gasteiger partial charge on any atom is -0.445 e. The molecule has 0 fully saturated rings. The molecule has 0 spiro atoms. The van der Waals surface area contributed by atoms with Crippen molar-refractivity contribution in [2.75, 3.05) is 11.9 Å². The Labute approximate surface area is 169 Å². The molecular weight excluding hydrogens is 375 g/mol. The quantitative estimate of drug-likeness (QED) is 0.706. The summed E-state index contributed by atoms with van der Waals surface area (Å²) in [5, 5.41) is 4.95. The minimum absolute atomic E-state index is 0.0269. The van der Waals surface area contributed by atoms with Crippen molar-refractivity contribution in [2.24, 2.45) is 0 Å². The van der Waals surface area contributed by atoms with Crippen LogP contribution in [0.5, 0.6) is 0 Å². The largest absolute Gasteiger partial charge is 0.445 e. The van der Waals surface area contributed by atoms with Crippen LogP contribution >= 0.6 is 0 Å². The number of carbonyl (C=O) groups is 2. The van der Waals surface area contributed by atoms with Gasteiger partial charge >= 0.3 is 12.2 Å². The summed E-state index contributed by atoms with van der Waals surface area (Å²) in [6, 6.07) is 13.7. The standard InChI is InChI=1S/C22H25FN2O4/c1-22(2,3)29-21(27)25-19-12-11-16(14-18(19)23)10-7-13-24-20(26)28-15-17-8-5-4-6-9-17/h4-12,14H,13,15H2,1-3H3,(H,24,26)(H,25,27). The van der Waals surface area contributed by atoms with Crippen molar-refractivity contribution in [1.29, 1.82) is 0 Å². The number of anilines is 1. The van der Waals surface area contributed by atoms with Gasteiger partial charge in [-0.25, -0.2) is 14.0 Å². The first-order valence-corrected chi connectivity index (χ1v) is 9.13. The van der Waals surface area contributed by atoms with E-state index in [1.807, 2.05) is 30.3 Å². The van der Waals surface area contributed by atoms with Crippen molar-refractivity contribution < 1.29 is 23.5 Å². The van der Waals surface area contributed by atoms with Crippen LogP contribution in [-0.2, 0) is 16.1 Å². The summed E-state index contributed by atoms with van der Waals surface area (Å²) in [6.45, 7) is 5.59. The number of alkyl carbamates (subject to hydrolysis) is 1. The molecule has 2 rings (SSSR count). The van der Waals surface area contributed by atoms with E-state index in [9.17, 15) is 14.0 Å². The van der Waals surface area contributed by atoms with Gasteiger partial charge < -0.3 is 14.8 Å². The third kappa shape index (κ3) is 8.47. The molecule has 2 amide bonds. The highest BCUT2D eigenvalue weighted by Gasteiger charge is 2.17. The summed E-state index contributed by atoms with van der Waals surface area (Å²) in [7, 11) is 0. The molecule has 0 unspecified atom stereocenters. The second kappa shape index (κ2) is 10.3. The van der Waals surface area contributed by atoms with Gasteiger partial charge in [-0.1, -0.05) is 48.6 Å². The number of ether oxygens (including phenoxy) is 2. The molecule has 0 atom stereocenters. The number of rotatable bonds is 6. The zero-order valence-electron chi connectivity index (χ0n) is 16.7. The molecule has 0 aliphatic heterocycles. The van der Waals surface area contributed by atoms with Crippen molar-refractivity contribution in [3.05, 3.63) is 71.6 Å². The first kappa shape index (κ1) is 21.9. The van der Waals surface area contributed by atoms with Gasteiger partial charge in [0.05, 0.1) is 5.69 Å². The molecular formula is C22H25FN2O4. The van der Waals surface area contributed by atoms with Gasteiger partial charge in [0, 0.05) is 6.54 Å². The average molecular weight is 400 g/mol. The summed E-state index contributed by atoms with van der Waals surface area (Å²) >= 11 is 0. The molecule has 154 valence electrons.